The highest BCUT2D eigenvalue weighted by Crippen LogP contribution is 2.18. The van der Waals surface area contributed by atoms with E-state index in [2.05, 4.69) is 15.2 Å². The van der Waals surface area contributed by atoms with Crippen molar-refractivity contribution in [3.05, 3.63) is 96.1 Å². The first-order valence-electron chi connectivity index (χ1n) is 10.0. The number of aliphatic imine (C=N–C) groups is 1. The molecule has 0 radical (unpaired) electrons. The molecule has 0 aromatic heterocycles. The highest BCUT2D eigenvalue weighted by molar-refractivity contribution is 6.06. The van der Waals surface area contributed by atoms with Gasteiger partial charge in [0, 0.05) is 37.4 Å². The van der Waals surface area contributed by atoms with Crippen LogP contribution in [0.4, 0.5) is 20.2 Å². The number of hydrogen-bond acceptors (Lipinski definition) is 3. The molecule has 1 aliphatic rings. The molecule has 0 saturated carbocycles. The smallest absolute Gasteiger partial charge is 0.257 e. The van der Waals surface area contributed by atoms with Gasteiger partial charge in [-0.3, -0.25) is 10.1 Å². The Morgan fingerprint density at radius 2 is 1.35 bits per heavy atom. The average Bonchev–Trinajstić information content (AvgIpc) is 2.81. The van der Waals surface area contributed by atoms with Crippen LogP contribution in [0.2, 0.25) is 0 Å². The van der Waals surface area contributed by atoms with Gasteiger partial charge in [0.2, 0.25) is 5.96 Å². The van der Waals surface area contributed by atoms with Gasteiger partial charge in [0.05, 0.1) is 5.69 Å². The van der Waals surface area contributed by atoms with Crippen molar-refractivity contribution in [1.82, 2.24) is 10.2 Å². The van der Waals surface area contributed by atoms with Crippen molar-refractivity contribution in [2.45, 2.75) is 0 Å². The van der Waals surface area contributed by atoms with Crippen LogP contribution in [0.25, 0.3) is 0 Å². The van der Waals surface area contributed by atoms with Crippen molar-refractivity contribution in [3.8, 4) is 0 Å². The third kappa shape index (κ3) is 5.25. The Kier molecular flexibility index (Phi) is 6.21. The highest BCUT2D eigenvalue weighted by Gasteiger charge is 2.22. The number of nitrogens with one attached hydrogen (secondary N) is 1. The van der Waals surface area contributed by atoms with E-state index in [0.29, 0.717) is 43.4 Å². The van der Waals surface area contributed by atoms with Gasteiger partial charge in [-0.1, -0.05) is 18.2 Å². The van der Waals surface area contributed by atoms with Gasteiger partial charge in [-0.05, 0) is 60.7 Å². The molecule has 1 aliphatic heterocycles. The Hall–Kier alpha value is -3.74. The van der Waals surface area contributed by atoms with E-state index in [0.717, 1.165) is 5.69 Å². The summed E-state index contributed by atoms with van der Waals surface area (Å²) in [5, 5.41) is 2.90. The zero-order chi connectivity index (χ0) is 21.6. The minimum atomic E-state index is -0.346. The van der Waals surface area contributed by atoms with Crippen LogP contribution < -0.4 is 10.2 Å². The summed E-state index contributed by atoms with van der Waals surface area (Å²) in [5.41, 5.74) is 2.02. The van der Waals surface area contributed by atoms with Crippen LogP contribution in [0, 0.1) is 11.6 Å². The lowest BCUT2D eigenvalue weighted by atomic mass is 10.2. The number of amides is 1. The predicted molar refractivity (Wildman–Crippen MR) is 118 cm³/mol. The van der Waals surface area contributed by atoms with E-state index in [-0.39, 0.29) is 17.5 Å². The summed E-state index contributed by atoms with van der Waals surface area (Å²) < 4.78 is 26.5. The summed E-state index contributed by atoms with van der Waals surface area (Å²) in [5.74, 6) is -0.455. The SMILES string of the molecule is O=C(NC(=Nc1ccc(F)cc1)N1CCN(c2ccc(F)cc2)CC1)c1ccccc1. The number of carbonyl (C=O) groups excluding carboxylic acids is 1. The summed E-state index contributed by atoms with van der Waals surface area (Å²) in [6, 6.07) is 21.1. The Bertz CT molecular complexity index is 1050. The van der Waals surface area contributed by atoms with E-state index in [1.807, 2.05) is 11.0 Å². The molecule has 0 aliphatic carbocycles. The van der Waals surface area contributed by atoms with Gasteiger partial charge in [0.15, 0.2) is 0 Å². The molecule has 31 heavy (non-hydrogen) atoms. The molecule has 5 nitrogen and oxygen atoms in total. The molecule has 1 fully saturated rings. The predicted octanol–water partition coefficient (Wildman–Crippen LogP) is 4.20. The number of guanidine groups is 1. The summed E-state index contributed by atoms with van der Waals surface area (Å²) in [6.07, 6.45) is 0. The molecule has 1 heterocycles. The molecular weight excluding hydrogens is 398 g/mol. The maximum Gasteiger partial charge on any atom is 0.257 e. The molecular formula is C24H22F2N4O. The van der Waals surface area contributed by atoms with E-state index in [1.54, 1.807) is 48.5 Å². The Labute approximate surface area is 179 Å². The van der Waals surface area contributed by atoms with Crippen LogP contribution >= 0.6 is 0 Å². The number of hydrogen-bond donors (Lipinski definition) is 1. The number of piperazine rings is 1. The number of benzene rings is 3. The molecule has 7 heteroatoms. The van der Waals surface area contributed by atoms with Gasteiger partial charge >= 0.3 is 0 Å². The fraction of sp³-hybridized carbons (Fsp3) is 0.167. The minimum absolute atomic E-state index is 0.262. The number of anilines is 1. The molecule has 1 saturated heterocycles. The lowest BCUT2D eigenvalue weighted by Gasteiger charge is -2.37. The normalized spacial score (nSPS) is 14.5. The fourth-order valence-corrected chi connectivity index (χ4v) is 3.41. The number of halogens is 2. The van der Waals surface area contributed by atoms with Gasteiger partial charge in [-0.25, -0.2) is 13.8 Å². The number of rotatable bonds is 3. The van der Waals surface area contributed by atoms with Crippen molar-refractivity contribution < 1.29 is 13.6 Å². The third-order valence-corrected chi connectivity index (χ3v) is 5.09. The van der Waals surface area contributed by atoms with Crippen molar-refractivity contribution in [2.75, 3.05) is 31.1 Å². The van der Waals surface area contributed by atoms with Crippen LogP contribution in [0.1, 0.15) is 10.4 Å². The first kappa shape index (κ1) is 20.5. The quantitative estimate of drug-likeness (QED) is 0.510. The molecule has 4 rings (SSSR count). The molecule has 1 N–H and O–H groups in total. The zero-order valence-corrected chi connectivity index (χ0v) is 16.8. The lowest BCUT2D eigenvalue weighted by molar-refractivity contribution is 0.0971. The maximum atomic E-state index is 13.3. The molecule has 0 unspecified atom stereocenters. The largest absolute Gasteiger partial charge is 0.368 e. The summed E-state index contributed by atoms with van der Waals surface area (Å²) in [6.45, 7) is 2.61. The summed E-state index contributed by atoms with van der Waals surface area (Å²) >= 11 is 0. The zero-order valence-electron chi connectivity index (χ0n) is 16.8. The van der Waals surface area contributed by atoms with E-state index in [9.17, 15) is 13.6 Å². The first-order valence-corrected chi connectivity index (χ1v) is 10.0. The number of nitrogens with zero attached hydrogens (tertiary/aromatic N) is 3. The Balaban J connectivity index is 1.52. The Morgan fingerprint density at radius 3 is 1.97 bits per heavy atom. The second kappa shape index (κ2) is 9.38. The van der Waals surface area contributed by atoms with Crippen molar-refractivity contribution in [3.63, 3.8) is 0 Å². The van der Waals surface area contributed by atoms with Crippen LogP contribution in [-0.2, 0) is 0 Å². The fourth-order valence-electron chi connectivity index (χ4n) is 3.41. The third-order valence-electron chi connectivity index (χ3n) is 5.09. The van der Waals surface area contributed by atoms with Crippen LogP contribution in [0.3, 0.4) is 0 Å². The molecule has 0 bridgehead atoms. The first-order chi connectivity index (χ1) is 15.1. The van der Waals surface area contributed by atoms with Crippen LogP contribution in [0.15, 0.2) is 83.9 Å². The molecule has 3 aromatic carbocycles. The molecule has 0 atom stereocenters. The summed E-state index contributed by atoms with van der Waals surface area (Å²) in [4.78, 5) is 21.5. The van der Waals surface area contributed by atoms with E-state index in [1.165, 1.54) is 24.3 Å². The standard InChI is InChI=1S/C24H22F2N4O/c25-19-6-10-21(11-7-19)27-24(28-23(31)18-4-2-1-3-5-18)30-16-14-29(15-17-30)22-12-8-20(26)9-13-22/h1-13H,14-17H2,(H,27,28,31). The van der Waals surface area contributed by atoms with E-state index < -0.39 is 0 Å². The topological polar surface area (TPSA) is 47.9 Å². The minimum Gasteiger partial charge on any atom is -0.368 e. The second-order valence-electron chi connectivity index (χ2n) is 7.18. The van der Waals surface area contributed by atoms with Gasteiger partial charge in [0.25, 0.3) is 5.91 Å². The molecule has 1 amide bonds. The van der Waals surface area contributed by atoms with Crippen molar-refractivity contribution >= 4 is 23.2 Å². The van der Waals surface area contributed by atoms with Crippen molar-refractivity contribution in [1.29, 1.82) is 0 Å². The van der Waals surface area contributed by atoms with Crippen LogP contribution in [-0.4, -0.2) is 42.9 Å². The van der Waals surface area contributed by atoms with Gasteiger partial charge < -0.3 is 9.80 Å². The van der Waals surface area contributed by atoms with Gasteiger partial charge in [0.1, 0.15) is 11.6 Å². The maximum absolute atomic E-state index is 13.3. The average molecular weight is 420 g/mol. The molecule has 158 valence electrons. The second-order valence-corrected chi connectivity index (χ2v) is 7.18. The molecule has 0 spiro atoms. The summed E-state index contributed by atoms with van der Waals surface area (Å²) in [7, 11) is 0. The van der Waals surface area contributed by atoms with Crippen molar-refractivity contribution in [2.24, 2.45) is 4.99 Å². The van der Waals surface area contributed by atoms with E-state index >= 15 is 0 Å². The van der Waals surface area contributed by atoms with Crippen LogP contribution in [0.5, 0.6) is 0 Å². The Morgan fingerprint density at radius 1 is 0.774 bits per heavy atom. The molecule has 3 aromatic rings. The van der Waals surface area contributed by atoms with Gasteiger partial charge in [-0.15, -0.1) is 0 Å². The van der Waals surface area contributed by atoms with E-state index in [4.69, 9.17) is 0 Å². The number of carbonyl (C=O) groups is 1. The highest BCUT2D eigenvalue weighted by atomic mass is 19.1. The monoisotopic (exact) mass is 420 g/mol. The lowest BCUT2D eigenvalue weighted by Crippen LogP contribution is -2.53. The van der Waals surface area contributed by atoms with Gasteiger partial charge in [-0.2, -0.15) is 0 Å².